The lowest BCUT2D eigenvalue weighted by atomic mass is 9.98. The molecular weight excluding hydrogens is 405 g/mol. The first-order valence-corrected chi connectivity index (χ1v) is 11.2. The van der Waals surface area contributed by atoms with Crippen molar-refractivity contribution in [2.45, 2.75) is 45.6 Å². The van der Waals surface area contributed by atoms with Crippen LogP contribution in [0.25, 0.3) is 0 Å². The zero-order chi connectivity index (χ0) is 21.8. The lowest BCUT2D eigenvalue weighted by molar-refractivity contribution is -0.118. The molecule has 1 aliphatic heterocycles. The van der Waals surface area contributed by atoms with Gasteiger partial charge in [0.1, 0.15) is 6.54 Å². The van der Waals surface area contributed by atoms with Crippen molar-refractivity contribution < 1.29 is 18.7 Å². The summed E-state index contributed by atoms with van der Waals surface area (Å²) in [5, 5.41) is 2.26. The highest BCUT2D eigenvalue weighted by Crippen LogP contribution is 2.48. The van der Waals surface area contributed by atoms with Gasteiger partial charge in [0, 0.05) is 12.3 Å². The molecular formula is C22H30FN3O3S. The van der Waals surface area contributed by atoms with E-state index in [9.17, 15) is 14.0 Å². The van der Waals surface area contributed by atoms with Gasteiger partial charge < -0.3 is 9.64 Å². The number of halogens is 1. The minimum Gasteiger partial charge on any atom is -0.490 e. The van der Waals surface area contributed by atoms with Gasteiger partial charge in [0.05, 0.1) is 12.1 Å². The summed E-state index contributed by atoms with van der Waals surface area (Å²) < 4.78 is 23.4. The second-order valence-electron chi connectivity index (χ2n) is 9.02. The number of nitrogens with one attached hydrogen (secondary N) is 2. The summed E-state index contributed by atoms with van der Waals surface area (Å²) in [6, 6.07) is 4.81. The minimum absolute atomic E-state index is 0.0323. The molecule has 1 heterocycles. The Balaban J connectivity index is 1.43. The maximum Gasteiger partial charge on any atom is 0.324 e. The molecule has 0 bridgehead atoms. The van der Waals surface area contributed by atoms with Gasteiger partial charge in [-0.3, -0.25) is 14.8 Å². The number of hydrogen-bond donors (Lipinski definition) is 2. The summed E-state index contributed by atoms with van der Waals surface area (Å²) in [7, 11) is 0. The molecule has 3 amide bonds. The third kappa shape index (κ3) is 6.22. The lowest BCUT2D eigenvalue weighted by Gasteiger charge is -2.21. The van der Waals surface area contributed by atoms with Gasteiger partial charge in [-0.15, -0.1) is 0 Å². The molecule has 164 valence electrons. The average molecular weight is 436 g/mol. The summed E-state index contributed by atoms with van der Waals surface area (Å²) in [5.41, 5.74) is 0.909. The Hall–Kier alpha value is -2.06. The summed E-state index contributed by atoms with van der Waals surface area (Å²) >= 11 is 1.65. The fraction of sp³-hybridized carbons (Fsp3) is 0.545. The number of hydrogen-bond acceptors (Lipinski definition) is 5. The van der Waals surface area contributed by atoms with Crippen LogP contribution in [0, 0.1) is 11.2 Å². The van der Waals surface area contributed by atoms with Crippen LogP contribution in [0.15, 0.2) is 30.4 Å². The standard InChI is InChI=1S/C22H30FN3O3S/c1-21(2,3)15-29-18-13-16(7-8-17(18)23)22(9-10-22)25-30-12-6-4-5-11-26-14-19(27)24-20(26)28/h4-5,7-8,13,25H,6,9-12,14-15H2,1-3H3,(H,24,27,28)/b5-4+. The lowest BCUT2D eigenvalue weighted by Crippen LogP contribution is -2.28. The van der Waals surface area contributed by atoms with Crippen LogP contribution in [0.2, 0.25) is 0 Å². The number of benzene rings is 1. The van der Waals surface area contributed by atoms with Crippen molar-refractivity contribution in [1.82, 2.24) is 14.9 Å². The SMILES string of the molecule is CC(C)(C)COc1cc(C2(NSCC/C=C/CN3CC(=O)NC3=O)CC2)ccc1F. The van der Waals surface area contributed by atoms with Crippen molar-refractivity contribution in [2.24, 2.45) is 5.41 Å². The van der Waals surface area contributed by atoms with Gasteiger partial charge in [-0.25, -0.2) is 9.18 Å². The molecule has 0 radical (unpaired) electrons. The molecule has 1 aliphatic carbocycles. The average Bonchev–Trinajstić information content (AvgIpc) is 3.38. The van der Waals surface area contributed by atoms with Crippen molar-refractivity contribution in [3.8, 4) is 5.75 Å². The Bertz CT molecular complexity index is 818. The van der Waals surface area contributed by atoms with Crippen LogP contribution in [0.1, 0.15) is 45.6 Å². The second kappa shape index (κ2) is 9.39. The number of carbonyl (C=O) groups is 2. The smallest absolute Gasteiger partial charge is 0.324 e. The normalized spacial score (nSPS) is 18.2. The summed E-state index contributed by atoms with van der Waals surface area (Å²) in [6.45, 7) is 7.20. The van der Waals surface area contributed by atoms with E-state index >= 15 is 0 Å². The summed E-state index contributed by atoms with van der Waals surface area (Å²) in [6.07, 6.45) is 6.79. The Morgan fingerprint density at radius 3 is 2.70 bits per heavy atom. The van der Waals surface area contributed by atoms with Crippen LogP contribution < -0.4 is 14.8 Å². The van der Waals surface area contributed by atoms with Crippen LogP contribution in [0.5, 0.6) is 5.75 Å². The molecule has 2 aliphatic rings. The largest absolute Gasteiger partial charge is 0.490 e. The van der Waals surface area contributed by atoms with E-state index in [4.69, 9.17) is 4.74 Å². The molecule has 3 rings (SSSR count). The van der Waals surface area contributed by atoms with Gasteiger partial charge in [-0.05, 0) is 42.4 Å². The first kappa shape index (κ1) is 22.6. The predicted octanol–water partition coefficient (Wildman–Crippen LogP) is 3.98. The molecule has 0 aromatic heterocycles. The van der Waals surface area contributed by atoms with Crippen LogP contribution in [-0.2, 0) is 10.3 Å². The number of nitrogens with zero attached hydrogens (tertiary/aromatic N) is 1. The number of imide groups is 1. The zero-order valence-electron chi connectivity index (χ0n) is 17.8. The Kier molecular flexibility index (Phi) is 7.08. The molecule has 2 N–H and O–H groups in total. The molecule has 1 aromatic carbocycles. The number of rotatable bonds is 10. The molecule has 2 fully saturated rings. The summed E-state index contributed by atoms with van der Waals surface area (Å²) in [5.74, 6) is 0.603. The third-order valence-electron chi connectivity index (χ3n) is 4.91. The number of ether oxygens (including phenoxy) is 1. The summed E-state index contributed by atoms with van der Waals surface area (Å²) in [4.78, 5) is 24.1. The fourth-order valence-corrected chi connectivity index (χ4v) is 4.00. The van der Waals surface area contributed by atoms with E-state index in [1.54, 1.807) is 11.9 Å². The van der Waals surface area contributed by atoms with E-state index in [2.05, 4.69) is 30.8 Å². The minimum atomic E-state index is -0.332. The molecule has 1 saturated carbocycles. The van der Waals surface area contributed by atoms with Crippen LogP contribution in [0.4, 0.5) is 9.18 Å². The molecule has 8 heteroatoms. The van der Waals surface area contributed by atoms with E-state index in [1.807, 2.05) is 24.3 Å². The first-order chi connectivity index (χ1) is 14.2. The molecule has 1 saturated heterocycles. The first-order valence-electron chi connectivity index (χ1n) is 10.2. The van der Waals surface area contributed by atoms with E-state index in [1.165, 1.54) is 11.0 Å². The van der Waals surface area contributed by atoms with Crippen LogP contribution >= 0.6 is 11.9 Å². The Labute approximate surface area is 181 Å². The number of allylic oxidation sites excluding steroid dienone is 1. The predicted molar refractivity (Wildman–Crippen MR) is 117 cm³/mol. The third-order valence-corrected chi connectivity index (χ3v) is 5.88. The van der Waals surface area contributed by atoms with E-state index in [0.29, 0.717) is 18.9 Å². The Morgan fingerprint density at radius 1 is 1.30 bits per heavy atom. The van der Waals surface area contributed by atoms with Gasteiger partial charge in [0.25, 0.3) is 0 Å². The molecule has 0 spiro atoms. The molecule has 30 heavy (non-hydrogen) atoms. The molecule has 1 aromatic rings. The van der Waals surface area contributed by atoms with Gasteiger partial charge in [0.2, 0.25) is 5.91 Å². The second-order valence-corrected chi connectivity index (χ2v) is 9.92. The van der Waals surface area contributed by atoms with Crippen LogP contribution in [-0.4, -0.2) is 42.3 Å². The van der Waals surface area contributed by atoms with E-state index < -0.39 is 0 Å². The van der Waals surface area contributed by atoms with Gasteiger partial charge in [-0.2, -0.15) is 0 Å². The topological polar surface area (TPSA) is 70.7 Å². The number of carbonyl (C=O) groups excluding carboxylic acids is 2. The maximum atomic E-state index is 14.1. The van der Waals surface area contributed by atoms with Gasteiger partial charge in [-0.1, -0.05) is 50.9 Å². The van der Waals surface area contributed by atoms with Crippen molar-refractivity contribution in [3.63, 3.8) is 0 Å². The molecule has 0 unspecified atom stereocenters. The highest BCUT2D eigenvalue weighted by atomic mass is 32.2. The highest BCUT2D eigenvalue weighted by molar-refractivity contribution is 7.97. The van der Waals surface area contributed by atoms with Crippen molar-refractivity contribution >= 4 is 23.9 Å². The van der Waals surface area contributed by atoms with Crippen molar-refractivity contribution in [3.05, 3.63) is 41.7 Å². The highest BCUT2D eigenvalue weighted by Gasteiger charge is 2.44. The Morgan fingerprint density at radius 2 is 2.07 bits per heavy atom. The van der Waals surface area contributed by atoms with Crippen molar-refractivity contribution in [1.29, 1.82) is 0 Å². The van der Waals surface area contributed by atoms with E-state index in [-0.39, 0.29) is 35.3 Å². The van der Waals surface area contributed by atoms with Gasteiger partial charge in [0.15, 0.2) is 11.6 Å². The van der Waals surface area contributed by atoms with E-state index in [0.717, 1.165) is 30.6 Å². The van der Waals surface area contributed by atoms with Gasteiger partial charge >= 0.3 is 6.03 Å². The quantitative estimate of drug-likeness (QED) is 0.252. The number of amides is 3. The molecule has 6 nitrogen and oxygen atoms in total. The fourth-order valence-electron chi connectivity index (χ4n) is 3.05. The maximum absolute atomic E-state index is 14.1. The monoisotopic (exact) mass is 435 g/mol. The van der Waals surface area contributed by atoms with Crippen molar-refractivity contribution in [2.75, 3.05) is 25.4 Å². The zero-order valence-corrected chi connectivity index (χ0v) is 18.6. The number of urea groups is 1. The molecule has 0 atom stereocenters. The van der Waals surface area contributed by atoms with Crippen LogP contribution in [0.3, 0.4) is 0 Å².